The lowest BCUT2D eigenvalue weighted by atomic mass is 9.75. The van der Waals surface area contributed by atoms with E-state index in [9.17, 15) is 9.59 Å². The Labute approximate surface area is 274 Å². The molecule has 0 radical (unpaired) electrons. The average molecular weight is 635 g/mol. The van der Waals surface area contributed by atoms with Gasteiger partial charge in [0.15, 0.2) is 0 Å². The predicted octanol–water partition coefficient (Wildman–Crippen LogP) is 8.01. The lowest BCUT2D eigenvalue weighted by Gasteiger charge is -2.52. The Morgan fingerprint density at radius 2 is 1.69 bits per heavy atom. The van der Waals surface area contributed by atoms with E-state index in [0.717, 1.165) is 99.3 Å². The summed E-state index contributed by atoms with van der Waals surface area (Å²) in [6, 6.07) is 4.79. The summed E-state index contributed by atoms with van der Waals surface area (Å²) in [5.74, 6) is 1.24. The monoisotopic (exact) mass is 634 g/mol. The standard InChI is InChI=1S/C37H54N4O3S/c1-5-6-12-31-24-41(23-29-10-8-7-9-11-29)36(43)44-37(31)15-19-39(20-16-37)32-13-17-40(18-14-32)35(42)33-26(2)21-30(22-27(33)3)34-28(4)38-25-45-34/h21-22,25,29,31-32H,5-20,23-24H2,1-4H3. The Morgan fingerprint density at radius 1 is 1.00 bits per heavy atom. The number of nitrogens with zero attached hydrogens (tertiary/aromatic N) is 4. The second-order valence-electron chi connectivity index (χ2n) is 14.5. The highest BCUT2D eigenvalue weighted by Gasteiger charge is 2.50. The molecule has 0 bridgehead atoms. The van der Waals surface area contributed by atoms with Gasteiger partial charge in [-0.25, -0.2) is 9.78 Å². The number of likely N-dealkylation sites (tertiary alicyclic amines) is 2. The van der Waals surface area contributed by atoms with Gasteiger partial charge in [0.05, 0.1) is 16.1 Å². The molecule has 2 aromatic rings. The number of thiazole rings is 1. The number of aromatic nitrogens is 1. The van der Waals surface area contributed by atoms with Gasteiger partial charge in [-0.2, -0.15) is 0 Å². The Kier molecular flexibility index (Phi) is 10.2. The third-order valence-electron chi connectivity index (χ3n) is 11.5. The number of ether oxygens (including phenoxy) is 1. The summed E-state index contributed by atoms with van der Waals surface area (Å²) in [6.45, 7) is 13.8. The first kappa shape index (κ1) is 32.5. The molecule has 1 atom stereocenters. The molecule has 45 heavy (non-hydrogen) atoms. The van der Waals surface area contributed by atoms with E-state index in [1.54, 1.807) is 11.3 Å². The number of hydrogen-bond donors (Lipinski definition) is 0. The normalized spacial score (nSPS) is 23.5. The molecule has 0 N–H and O–H groups in total. The van der Waals surface area contributed by atoms with E-state index in [-0.39, 0.29) is 17.6 Å². The van der Waals surface area contributed by atoms with E-state index in [2.05, 4.69) is 52.6 Å². The molecule has 7 nitrogen and oxygen atoms in total. The van der Waals surface area contributed by atoms with Gasteiger partial charge in [-0.05, 0) is 87.6 Å². The number of aryl methyl sites for hydroxylation is 3. The van der Waals surface area contributed by atoms with E-state index in [1.807, 2.05) is 12.4 Å². The predicted molar refractivity (Wildman–Crippen MR) is 182 cm³/mol. The van der Waals surface area contributed by atoms with Gasteiger partial charge >= 0.3 is 6.09 Å². The van der Waals surface area contributed by atoms with Crippen LogP contribution in [-0.4, -0.2) is 82.6 Å². The lowest BCUT2D eigenvalue weighted by molar-refractivity contribution is -0.127. The van der Waals surface area contributed by atoms with Crippen molar-refractivity contribution in [1.29, 1.82) is 0 Å². The molecule has 1 spiro atoms. The highest BCUT2D eigenvalue weighted by Crippen LogP contribution is 2.42. The molecule has 4 aliphatic rings. The summed E-state index contributed by atoms with van der Waals surface area (Å²) in [5, 5.41) is 0. The molecule has 1 aromatic heterocycles. The minimum absolute atomic E-state index is 0.0607. The molecule has 1 aliphatic carbocycles. The molecule has 1 aromatic carbocycles. The van der Waals surface area contributed by atoms with Crippen molar-refractivity contribution in [2.24, 2.45) is 11.8 Å². The van der Waals surface area contributed by atoms with Crippen LogP contribution in [-0.2, 0) is 4.74 Å². The summed E-state index contributed by atoms with van der Waals surface area (Å²) in [6.07, 6.45) is 13.8. The second kappa shape index (κ2) is 14.1. The van der Waals surface area contributed by atoms with Crippen LogP contribution in [0.3, 0.4) is 0 Å². The summed E-state index contributed by atoms with van der Waals surface area (Å²) in [4.78, 5) is 39.5. The highest BCUT2D eigenvalue weighted by atomic mass is 32.1. The molecule has 6 rings (SSSR count). The van der Waals surface area contributed by atoms with Crippen LogP contribution in [0.4, 0.5) is 4.79 Å². The van der Waals surface area contributed by atoms with Crippen LogP contribution >= 0.6 is 11.3 Å². The topological polar surface area (TPSA) is 66.0 Å². The number of amides is 2. The van der Waals surface area contributed by atoms with Crippen molar-refractivity contribution in [2.45, 2.75) is 116 Å². The fourth-order valence-corrected chi connectivity index (χ4v) is 9.64. The van der Waals surface area contributed by atoms with Crippen molar-refractivity contribution >= 4 is 23.3 Å². The van der Waals surface area contributed by atoms with Crippen LogP contribution in [0, 0.1) is 32.6 Å². The maximum absolute atomic E-state index is 13.7. The fraction of sp³-hybridized carbons (Fsp3) is 0.703. The van der Waals surface area contributed by atoms with Crippen molar-refractivity contribution in [1.82, 2.24) is 19.7 Å². The van der Waals surface area contributed by atoms with Crippen LogP contribution in [0.1, 0.15) is 111 Å². The summed E-state index contributed by atoms with van der Waals surface area (Å²) in [5.41, 5.74) is 6.72. The largest absolute Gasteiger partial charge is 0.442 e. The number of hydrogen-bond acceptors (Lipinski definition) is 6. The van der Waals surface area contributed by atoms with Crippen molar-refractivity contribution in [3.63, 3.8) is 0 Å². The molecular weight excluding hydrogens is 580 g/mol. The first-order valence-electron chi connectivity index (χ1n) is 17.8. The Morgan fingerprint density at radius 3 is 2.31 bits per heavy atom. The number of benzene rings is 1. The minimum Gasteiger partial charge on any atom is -0.442 e. The van der Waals surface area contributed by atoms with Gasteiger partial charge in [0, 0.05) is 69.6 Å². The van der Waals surface area contributed by atoms with Gasteiger partial charge in [0.1, 0.15) is 5.60 Å². The molecule has 1 saturated carbocycles. The van der Waals surface area contributed by atoms with Gasteiger partial charge in [-0.3, -0.25) is 9.69 Å². The lowest BCUT2D eigenvalue weighted by Crippen LogP contribution is -2.61. The second-order valence-corrected chi connectivity index (χ2v) is 15.3. The maximum Gasteiger partial charge on any atom is 0.410 e. The van der Waals surface area contributed by atoms with Gasteiger partial charge in [0.2, 0.25) is 0 Å². The van der Waals surface area contributed by atoms with Crippen LogP contribution in [0.15, 0.2) is 17.6 Å². The number of carbonyl (C=O) groups excluding carboxylic acids is 2. The highest BCUT2D eigenvalue weighted by molar-refractivity contribution is 7.13. The molecule has 4 heterocycles. The van der Waals surface area contributed by atoms with Gasteiger partial charge < -0.3 is 14.5 Å². The quantitative estimate of drug-likeness (QED) is 0.294. The summed E-state index contributed by atoms with van der Waals surface area (Å²) < 4.78 is 6.48. The van der Waals surface area contributed by atoms with Crippen molar-refractivity contribution in [2.75, 3.05) is 39.3 Å². The van der Waals surface area contributed by atoms with Gasteiger partial charge in [0.25, 0.3) is 5.91 Å². The van der Waals surface area contributed by atoms with Crippen LogP contribution < -0.4 is 0 Å². The number of piperidine rings is 2. The van der Waals surface area contributed by atoms with Crippen molar-refractivity contribution in [3.8, 4) is 10.4 Å². The number of rotatable bonds is 8. The van der Waals surface area contributed by atoms with Crippen LogP contribution in [0.2, 0.25) is 0 Å². The SMILES string of the molecule is CCCCC1CN(CC2CCCCC2)C(=O)OC12CCN(C1CCN(C(=O)c3c(C)cc(-c4scnc4C)cc3C)CC1)CC2. The fourth-order valence-electron chi connectivity index (χ4n) is 8.85. The average Bonchev–Trinajstić information content (AvgIpc) is 3.48. The molecule has 1 unspecified atom stereocenters. The zero-order valence-corrected chi connectivity index (χ0v) is 28.9. The van der Waals surface area contributed by atoms with Gasteiger partial charge in [-0.15, -0.1) is 11.3 Å². The van der Waals surface area contributed by atoms with E-state index >= 15 is 0 Å². The first-order chi connectivity index (χ1) is 21.8. The molecule has 4 fully saturated rings. The molecule has 3 saturated heterocycles. The minimum atomic E-state index is -0.304. The van der Waals surface area contributed by atoms with Crippen LogP contribution in [0.25, 0.3) is 10.4 Å². The molecule has 246 valence electrons. The maximum atomic E-state index is 13.7. The first-order valence-corrected chi connectivity index (χ1v) is 18.7. The molecular formula is C37H54N4O3S. The zero-order valence-electron chi connectivity index (χ0n) is 28.1. The van der Waals surface area contributed by atoms with E-state index in [1.165, 1.54) is 49.8 Å². The summed E-state index contributed by atoms with van der Waals surface area (Å²) in [7, 11) is 0. The third kappa shape index (κ3) is 6.97. The Hall–Kier alpha value is -2.45. The smallest absolute Gasteiger partial charge is 0.410 e. The number of unbranched alkanes of at least 4 members (excludes halogenated alkanes) is 1. The molecule has 3 aliphatic heterocycles. The van der Waals surface area contributed by atoms with Gasteiger partial charge in [-0.1, -0.05) is 39.0 Å². The number of carbonyl (C=O) groups is 2. The summed E-state index contributed by atoms with van der Waals surface area (Å²) >= 11 is 1.66. The third-order valence-corrected chi connectivity index (χ3v) is 12.5. The van der Waals surface area contributed by atoms with E-state index in [4.69, 9.17) is 4.74 Å². The molecule has 2 amide bonds. The Balaban J connectivity index is 1.04. The zero-order chi connectivity index (χ0) is 31.6. The molecule has 8 heteroatoms. The van der Waals surface area contributed by atoms with Crippen LogP contribution in [0.5, 0.6) is 0 Å². The van der Waals surface area contributed by atoms with E-state index in [0.29, 0.717) is 17.9 Å². The van der Waals surface area contributed by atoms with E-state index < -0.39 is 0 Å². The Bertz CT molecular complexity index is 1310. The van der Waals surface area contributed by atoms with Crippen molar-refractivity contribution in [3.05, 3.63) is 40.0 Å². The van der Waals surface area contributed by atoms with Crippen molar-refractivity contribution < 1.29 is 14.3 Å².